The number of esters is 2. The van der Waals surface area contributed by atoms with Gasteiger partial charge in [0.15, 0.2) is 0 Å². The molecule has 0 atom stereocenters. The van der Waals surface area contributed by atoms with Crippen LogP contribution in [0.5, 0.6) is 0 Å². The Balaban J connectivity index is 0. The number of aliphatic carboxylic acids is 2. The van der Waals surface area contributed by atoms with Crippen molar-refractivity contribution in [3.05, 3.63) is 0 Å². The van der Waals surface area contributed by atoms with Gasteiger partial charge in [0.2, 0.25) is 0 Å². The van der Waals surface area contributed by atoms with Crippen molar-refractivity contribution in [1.82, 2.24) is 0 Å². The van der Waals surface area contributed by atoms with Crippen LogP contribution < -0.4 is 0 Å². The standard InChI is InChI=1S/2C26H50O4/c1-23(2)17-11-7-5-9-15-21-29-25(27)19-13-14-20-26(28)30-22-16-10-6-8-12-18-24(3)4;1-22(2)16-11-7-5-9-13-19-26(25(29)30,21-15-18-24(27)28)20-14-10-6-8-12-17-23(3)4/h23-24H,5-22H2,1-4H3;22-23H,5-21H2,1-4H3,(H,27,28)(H,29,30). The zero-order valence-corrected chi connectivity index (χ0v) is 40.9. The van der Waals surface area contributed by atoms with Crippen LogP contribution >= 0.6 is 0 Å². The zero-order valence-electron chi connectivity index (χ0n) is 40.9. The van der Waals surface area contributed by atoms with Crippen LogP contribution in [0, 0.1) is 29.1 Å². The van der Waals surface area contributed by atoms with E-state index in [1.165, 1.54) is 103 Å². The molecule has 0 saturated carbocycles. The summed E-state index contributed by atoms with van der Waals surface area (Å²) in [5.74, 6) is 1.27. The topological polar surface area (TPSA) is 127 Å². The van der Waals surface area contributed by atoms with Crippen molar-refractivity contribution in [2.75, 3.05) is 13.2 Å². The predicted molar refractivity (Wildman–Crippen MR) is 251 cm³/mol. The number of hydrogen-bond acceptors (Lipinski definition) is 6. The smallest absolute Gasteiger partial charge is 0.309 e. The van der Waals surface area contributed by atoms with Gasteiger partial charge in [-0.1, -0.05) is 197 Å². The van der Waals surface area contributed by atoms with Gasteiger partial charge in [-0.15, -0.1) is 0 Å². The minimum Gasteiger partial charge on any atom is -0.481 e. The first-order valence-electron chi connectivity index (χ1n) is 25.4. The Morgan fingerprint density at radius 1 is 0.367 bits per heavy atom. The first-order chi connectivity index (χ1) is 28.6. The molecule has 0 spiro atoms. The molecule has 0 unspecified atom stereocenters. The lowest BCUT2D eigenvalue weighted by atomic mass is 9.74. The number of carboxylic acids is 2. The Hall–Kier alpha value is -2.12. The van der Waals surface area contributed by atoms with Crippen LogP contribution in [0.1, 0.15) is 267 Å². The quantitative estimate of drug-likeness (QED) is 0.0459. The third kappa shape index (κ3) is 44.0. The number of carbonyl (C=O) groups excluding carboxylic acids is 2. The van der Waals surface area contributed by atoms with Gasteiger partial charge in [-0.3, -0.25) is 19.2 Å². The van der Waals surface area contributed by atoms with E-state index in [1.807, 2.05) is 0 Å². The third-order valence-corrected chi connectivity index (χ3v) is 11.8. The Labute approximate surface area is 371 Å². The number of hydrogen-bond donors (Lipinski definition) is 2. The fourth-order valence-electron chi connectivity index (χ4n) is 7.79. The van der Waals surface area contributed by atoms with E-state index in [4.69, 9.17) is 14.6 Å². The van der Waals surface area contributed by atoms with E-state index in [9.17, 15) is 24.3 Å². The van der Waals surface area contributed by atoms with Gasteiger partial charge in [-0.25, -0.2) is 0 Å². The maximum atomic E-state index is 12.2. The monoisotopic (exact) mass is 853 g/mol. The summed E-state index contributed by atoms with van der Waals surface area (Å²) >= 11 is 0. The largest absolute Gasteiger partial charge is 0.481 e. The molecule has 8 nitrogen and oxygen atoms in total. The number of unbranched alkanes of at least 4 members (excludes halogenated alkanes) is 17. The molecule has 0 heterocycles. The molecule has 0 aliphatic heterocycles. The van der Waals surface area contributed by atoms with Gasteiger partial charge < -0.3 is 19.7 Å². The van der Waals surface area contributed by atoms with Gasteiger partial charge in [0.1, 0.15) is 0 Å². The number of carboxylic acid groups (broad SMARTS) is 2. The van der Waals surface area contributed by atoms with Gasteiger partial charge in [0, 0.05) is 19.3 Å². The highest BCUT2D eigenvalue weighted by Crippen LogP contribution is 2.38. The summed E-state index contributed by atoms with van der Waals surface area (Å²) in [4.78, 5) is 46.6. The van der Waals surface area contributed by atoms with Crippen molar-refractivity contribution >= 4 is 23.9 Å². The maximum absolute atomic E-state index is 12.2. The van der Waals surface area contributed by atoms with Gasteiger partial charge in [0.05, 0.1) is 18.6 Å². The van der Waals surface area contributed by atoms with Gasteiger partial charge in [-0.05, 0) is 75.0 Å². The molecule has 0 rings (SSSR count). The fraction of sp³-hybridized carbons (Fsp3) is 0.923. The van der Waals surface area contributed by atoms with Crippen molar-refractivity contribution < 1.29 is 38.9 Å². The summed E-state index contributed by atoms with van der Waals surface area (Å²) in [7, 11) is 0. The van der Waals surface area contributed by atoms with Crippen LogP contribution in [-0.4, -0.2) is 47.3 Å². The van der Waals surface area contributed by atoms with Crippen molar-refractivity contribution in [2.45, 2.75) is 267 Å². The lowest BCUT2D eigenvalue weighted by Gasteiger charge is -2.30. The highest BCUT2D eigenvalue weighted by Gasteiger charge is 2.36. The molecular formula is C52H100O8. The molecule has 0 aliphatic rings. The summed E-state index contributed by atoms with van der Waals surface area (Å²) in [6.45, 7) is 19.1. The Morgan fingerprint density at radius 3 is 0.950 bits per heavy atom. The summed E-state index contributed by atoms with van der Waals surface area (Å²) < 4.78 is 10.5. The van der Waals surface area contributed by atoms with Crippen LogP contribution in [0.15, 0.2) is 0 Å². The van der Waals surface area contributed by atoms with E-state index in [2.05, 4.69) is 55.4 Å². The molecule has 2 N–H and O–H groups in total. The average molecular weight is 853 g/mol. The molecule has 0 aromatic heterocycles. The lowest BCUT2D eigenvalue weighted by Crippen LogP contribution is -2.31. The van der Waals surface area contributed by atoms with Crippen molar-refractivity contribution in [2.24, 2.45) is 29.1 Å². The van der Waals surface area contributed by atoms with E-state index >= 15 is 0 Å². The van der Waals surface area contributed by atoms with Crippen LogP contribution in [0.25, 0.3) is 0 Å². The Kier molecular flexibility index (Phi) is 42.2. The molecule has 0 aliphatic carbocycles. The molecule has 0 fully saturated rings. The third-order valence-electron chi connectivity index (χ3n) is 11.8. The van der Waals surface area contributed by atoms with Crippen LogP contribution in [0.2, 0.25) is 0 Å². The molecular weight excluding hydrogens is 753 g/mol. The molecule has 60 heavy (non-hydrogen) atoms. The average Bonchev–Trinajstić information content (AvgIpc) is 3.17. The molecule has 0 saturated heterocycles. The van der Waals surface area contributed by atoms with E-state index < -0.39 is 17.4 Å². The molecule has 0 amide bonds. The second-order valence-electron chi connectivity index (χ2n) is 19.8. The second-order valence-corrected chi connectivity index (χ2v) is 19.8. The van der Waals surface area contributed by atoms with Gasteiger partial charge in [0.25, 0.3) is 0 Å². The van der Waals surface area contributed by atoms with Gasteiger partial charge >= 0.3 is 23.9 Å². The minimum absolute atomic E-state index is 0.0689. The molecule has 0 bridgehead atoms. The molecule has 0 aromatic rings. The van der Waals surface area contributed by atoms with Crippen molar-refractivity contribution in [3.63, 3.8) is 0 Å². The van der Waals surface area contributed by atoms with E-state index in [0.717, 1.165) is 75.0 Å². The molecule has 356 valence electrons. The zero-order chi connectivity index (χ0) is 45.3. The van der Waals surface area contributed by atoms with Crippen molar-refractivity contribution in [1.29, 1.82) is 0 Å². The predicted octanol–water partition coefficient (Wildman–Crippen LogP) is 15.7. The first-order valence-corrected chi connectivity index (χ1v) is 25.4. The van der Waals surface area contributed by atoms with Crippen LogP contribution in [0.3, 0.4) is 0 Å². The molecule has 0 aromatic carbocycles. The highest BCUT2D eigenvalue weighted by molar-refractivity contribution is 5.74. The van der Waals surface area contributed by atoms with Crippen LogP contribution in [-0.2, 0) is 28.7 Å². The summed E-state index contributed by atoms with van der Waals surface area (Å²) in [6.07, 6.45) is 32.9. The lowest BCUT2D eigenvalue weighted by molar-refractivity contribution is -0.151. The first kappa shape index (κ1) is 60.0. The summed E-state index contributed by atoms with van der Waals surface area (Å²) in [5, 5.41) is 19.0. The maximum Gasteiger partial charge on any atom is 0.309 e. The highest BCUT2D eigenvalue weighted by atomic mass is 16.5. The Bertz CT molecular complexity index is 944. The van der Waals surface area contributed by atoms with Gasteiger partial charge in [-0.2, -0.15) is 0 Å². The van der Waals surface area contributed by atoms with E-state index in [1.54, 1.807) is 0 Å². The minimum atomic E-state index is -0.829. The SMILES string of the molecule is CC(C)CCCCCCCC(CCCCCCCC(C)C)(CCCC(=O)O)C(=O)O.CC(C)CCCCCCCOC(=O)CCCCC(=O)OCCCCCCCC(C)C. The number of carbonyl (C=O) groups is 4. The summed E-state index contributed by atoms with van der Waals surface area (Å²) in [6, 6.07) is 0. The molecule has 0 radical (unpaired) electrons. The second kappa shape index (κ2) is 42.2. The molecule has 8 heteroatoms. The Morgan fingerprint density at radius 2 is 0.650 bits per heavy atom. The summed E-state index contributed by atoms with van der Waals surface area (Å²) in [5.41, 5.74) is -0.731. The number of ether oxygens (including phenoxy) is 2. The van der Waals surface area contributed by atoms with E-state index in [-0.39, 0.29) is 18.4 Å². The number of rotatable bonds is 42. The van der Waals surface area contributed by atoms with Crippen LogP contribution in [0.4, 0.5) is 0 Å². The van der Waals surface area contributed by atoms with E-state index in [0.29, 0.717) is 64.6 Å². The fourth-order valence-corrected chi connectivity index (χ4v) is 7.79. The van der Waals surface area contributed by atoms with Crippen molar-refractivity contribution in [3.8, 4) is 0 Å². The normalized spacial score (nSPS) is 11.7.